The van der Waals surface area contributed by atoms with Gasteiger partial charge in [0.25, 0.3) is 0 Å². The third-order valence-electron chi connectivity index (χ3n) is 4.28. The second-order valence-electron chi connectivity index (χ2n) is 5.90. The highest BCUT2D eigenvalue weighted by Crippen LogP contribution is 2.41. The minimum Gasteiger partial charge on any atom is -0.358 e. The Morgan fingerprint density at radius 3 is 2.64 bits per heavy atom. The molecule has 1 saturated heterocycles. The van der Waals surface area contributed by atoms with E-state index < -0.39 is 14.8 Å². The number of sulfone groups is 1. The van der Waals surface area contributed by atoms with Gasteiger partial charge in [-0.25, -0.2) is 8.42 Å². The predicted molar refractivity (Wildman–Crippen MR) is 87.6 cm³/mol. The van der Waals surface area contributed by atoms with E-state index in [1.807, 2.05) is 11.9 Å². The largest absolute Gasteiger partial charge is 0.358 e. The molecule has 0 aliphatic carbocycles. The monoisotopic (exact) mass is 347 g/mol. The van der Waals surface area contributed by atoms with Crippen molar-refractivity contribution < 1.29 is 13.3 Å². The van der Waals surface area contributed by atoms with E-state index in [9.17, 15) is 18.5 Å². The Morgan fingerprint density at radius 1 is 1.50 bits per heavy atom. The predicted octanol–water partition coefficient (Wildman–Crippen LogP) is 1.98. The van der Waals surface area contributed by atoms with Gasteiger partial charge in [-0.3, -0.25) is 10.1 Å². The molecule has 1 aliphatic heterocycles. The lowest BCUT2D eigenvalue weighted by molar-refractivity contribution is -0.383. The van der Waals surface area contributed by atoms with Crippen LogP contribution in [0.4, 0.5) is 10.7 Å². The Kier molecular flexibility index (Phi) is 4.78. The van der Waals surface area contributed by atoms with Crippen molar-refractivity contribution in [1.29, 1.82) is 0 Å². The summed E-state index contributed by atoms with van der Waals surface area (Å²) in [5.41, 5.74) is -0.125. The topological polar surface area (TPSA) is 83.8 Å². The van der Waals surface area contributed by atoms with Gasteiger partial charge < -0.3 is 9.80 Å². The number of rotatable bonds is 4. The highest BCUT2D eigenvalue weighted by molar-refractivity contribution is 7.92. The molecule has 0 N–H and O–H groups in total. The third-order valence-corrected chi connectivity index (χ3v) is 7.30. The first-order valence-electron chi connectivity index (χ1n) is 7.02. The quantitative estimate of drug-likeness (QED) is 0.612. The van der Waals surface area contributed by atoms with Crippen LogP contribution >= 0.6 is 11.3 Å². The van der Waals surface area contributed by atoms with E-state index in [2.05, 4.69) is 18.9 Å². The molecule has 22 heavy (non-hydrogen) atoms. The lowest BCUT2D eigenvalue weighted by Crippen LogP contribution is -2.46. The Morgan fingerprint density at radius 2 is 2.14 bits per heavy atom. The molecular weight excluding hydrogens is 326 g/mol. The van der Waals surface area contributed by atoms with Gasteiger partial charge in [0, 0.05) is 38.0 Å². The van der Waals surface area contributed by atoms with Gasteiger partial charge in [0.05, 0.1) is 4.92 Å². The summed E-state index contributed by atoms with van der Waals surface area (Å²) in [6.45, 7) is 3.05. The number of anilines is 1. The lowest BCUT2D eigenvalue weighted by Gasteiger charge is -2.39. The normalized spacial score (nSPS) is 23.5. The Balaban J connectivity index is 2.34. The minimum atomic E-state index is -3.44. The first-order valence-corrected chi connectivity index (χ1v) is 9.73. The zero-order valence-corrected chi connectivity index (χ0v) is 14.8. The molecule has 0 radical (unpaired) electrons. The van der Waals surface area contributed by atoms with Crippen LogP contribution in [0.5, 0.6) is 0 Å². The summed E-state index contributed by atoms with van der Waals surface area (Å²) in [5, 5.41) is 11.7. The molecule has 0 amide bonds. The maximum Gasteiger partial charge on any atom is 0.305 e. The molecule has 0 saturated carbocycles. The molecule has 9 heteroatoms. The standard InChI is InChI=1S/C13H21N3O4S2/c1-9-7-10(5-6-14(9)2)15(3)13-11(16(17)18)8-12(21-13)22(4,19)20/h8-10H,5-7H2,1-4H3/t9-,10+/m1/s1. The van der Waals surface area contributed by atoms with Crippen LogP contribution in [0.15, 0.2) is 10.3 Å². The van der Waals surface area contributed by atoms with Crippen LogP contribution in [-0.4, -0.2) is 57.2 Å². The second kappa shape index (κ2) is 6.13. The van der Waals surface area contributed by atoms with Crippen molar-refractivity contribution in [2.45, 2.75) is 36.1 Å². The average molecular weight is 347 g/mol. The highest BCUT2D eigenvalue weighted by atomic mass is 32.2. The number of piperidine rings is 1. The molecule has 7 nitrogen and oxygen atoms in total. The summed E-state index contributed by atoms with van der Waals surface area (Å²) in [6.07, 6.45) is 2.88. The van der Waals surface area contributed by atoms with Gasteiger partial charge in [0.2, 0.25) is 0 Å². The number of nitrogens with zero attached hydrogens (tertiary/aromatic N) is 3. The van der Waals surface area contributed by atoms with Gasteiger partial charge in [-0.2, -0.15) is 0 Å². The van der Waals surface area contributed by atoms with Gasteiger partial charge in [-0.15, -0.1) is 0 Å². The van der Waals surface area contributed by atoms with E-state index in [1.54, 1.807) is 0 Å². The Hall–Kier alpha value is -1.19. The fourth-order valence-corrected chi connectivity index (χ4v) is 4.76. The summed E-state index contributed by atoms with van der Waals surface area (Å²) in [5.74, 6) is 0. The van der Waals surface area contributed by atoms with E-state index in [-0.39, 0.29) is 15.9 Å². The summed E-state index contributed by atoms with van der Waals surface area (Å²) < 4.78 is 23.4. The molecule has 0 aromatic carbocycles. The van der Waals surface area contributed by atoms with Crippen molar-refractivity contribution in [3.63, 3.8) is 0 Å². The molecule has 1 aliphatic rings. The van der Waals surface area contributed by atoms with E-state index >= 15 is 0 Å². The minimum absolute atomic E-state index is 0.0435. The van der Waals surface area contributed by atoms with E-state index in [0.29, 0.717) is 11.0 Å². The number of hydrogen-bond donors (Lipinski definition) is 0. The van der Waals surface area contributed by atoms with Gasteiger partial charge in [0.15, 0.2) is 14.8 Å². The highest BCUT2D eigenvalue weighted by Gasteiger charge is 2.32. The van der Waals surface area contributed by atoms with Crippen LogP contribution in [0.1, 0.15) is 19.8 Å². The first kappa shape index (κ1) is 17.2. The SMILES string of the molecule is C[C@@H]1C[C@@H](N(C)c2sc(S(C)(=O)=O)cc2[N+](=O)[O-])CCN1C. The van der Waals surface area contributed by atoms with Crippen LogP contribution in [0.2, 0.25) is 0 Å². The number of nitro groups is 1. The molecule has 0 bridgehead atoms. The van der Waals surface area contributed by atoms with E-state index in [1.165, 1.54) is 6.07 Å². The number of hydrogen-bond acceptors (Lipinski definition) is 7. The van der Waals surface area contributed by atoms with Crippen LogP contribution in [-0.2, 0) is 9.84 Å². The third kappa shape index (κ3) is 3.41. The Bertz CT molecular complexity index is 671. The van der Waals surface area contributed by atoms with Crippen LogP contribution in [0.3, 0.4) is 0 Å². The van der Waals surface area contributed by atoms with Crippen molar-refractivity contribution in [3.05, 3.63) is 16.2 Å². The van der Waals surface area contributed by atoms with Crippen LogP contribution in [0, 0.1) is 10.1 Å². The van der Waals surface area contributed by atoms with Crippen molar-refractivity contribution >= 4 is 31.9 Å². The number of thiophene rings is 1. The zero-order chi connectivity index (χ0) is 16.7. The molecule has 124 valence electrons. The molecule has 1 aromatic rings. The molecule has 2 heterocycles. The van der Waals surface area contributed by atoms with E-state index in [4.69, 9.17) is 0 Å². The summed E-state index contributed by atoms with van der Waals surface area (Å²) >= 11 is 0.981. The fourth-order valence-electron chi connectivity index (χ4n) is 2.70. The molecule has 0 unspecified atom stereocenters. The summed E-state index contributed by atoms with van der Waals surface area (Å²) in [4.78, 5) is 14.9. The van der Waals surface area contributed by atoms with Crippen molar-refractivity contribution in [2.24, 2.45) is 0 Å². The van der Waals surface area contributed by atoms with Crippen LogP contribution < -0.4 is 4.90 Å². The smallest absolute Gasteiger partial charge is 0.305 e. The van der Waals surface area contributed by atoms with Crippen molar-refractivity contribution in [3.8, 4) is 0 Å². The van der Waals surface area contributed by atoms with Gasteiger partial charge in [-0.05, 0) is 26.8 Å². The maximum absolute atomic E-state index is 11.7. The van der Waals surface area contributed by atoms with E-state index in [0.717, 1.165) is 37.0 Å². The second-order valence-corrected chi connectivity index (χ2v) is 9.18. The molecule has 1 aromatic heterocycles. The molecule has 2 atom stereocenters. The molecular formula is C13H21N3O4S2. The average Bonchev–Trinajstić information content (AvgIpc) is 2.86. The fraction of sp³-hybridized carbons (Fsp3) is 0.692. The molecule has 1 fully saturated rings. The first-order chi connectivity index (χ1) is 10.1. The number of likely N-dealkylation sites (tertiary alicyclic amines) is 1. The maximum atomic E-state index is 11.7. The van der Waals surface area contributed by atoms with Crippen LogP contribution in [0.25, 0.3) is 0 Å². The zero-order valence-electron chi connectivity index (χ0n) is 13.1. The summed E-state index contributed by atoms with van der Waals surface area (Å²) in [6, 6.07) is 1.75. The van der Waals surface area contributed by atoms with Gasteiger partial charge in [0.1, 0.15) is 4.21 Å². The molecule has 0 spiro atoms. The molecule has 2 rings (SSSR count). The van der Waals surface area contributed by atoms with Crippen molar-refractivity contribution in [2.75, 3.05) is 31.8 Å². The lowest BCUT2D eigenvalue weighted by atomic mass is 9.98. The van der Waals surface area contributed by atoms with Gasteiger partial charge >= 0.3 is 5.69 Å². The van der Waals surface area contributed by atoms with Crippen molar-refractivity contribution in [1.82, 2.24) is 4.90 Å². The Labute approximate surface area is 134 Å². The summed E-state index contributed by atoms with van der Waals surface area (Å²) in [7, 11) is 0.436. The van der Waals surface area contributed by atoms with Gasteiger partial charge in [-0.1, -0.05) is 11.3 Å².